The Morgan fingerprint density at radius 3 is 2.78 bits per heavy atom. The first-order valence-electron chi connectivity index (χ1n) is 12.9. The Hall–Kier alpha value is -2.26. The van der Waals surface area contributed by atoms with Crippen molar-refractivity contribution >= 4 is 29.5 Å². The van der Waals surface area contributed by atoms with Crippen LogP contribution in [0.1, 0.15) is 38.5 Å². The summed E-state index contributed by atoms with van der Waals surface area (Å²) in [7, 11) is 1.70. The second kappa shape index (κ2) is 13.3. The number of ether oxygens (including phenoxy) is 2. The van der Waals surface area contributed by atoms with Gasteiger partial charge in [-0.25, -0.2) is 9.97 Å². The first-order chi connectivity index (χ1) is 17.6. The molecule has 3 heterocycles. The summed E-state index contributed by atoms with van der Waals surface area (Å²) in [6.45, 7) is 3.55. The summed E-state index contributed by atoms with van der Waals surface area (Å²) in [4.78, 5) is 13.8. The number of aromatic nitrogens is 2. The van der Waals surface area contributed by atoms with E-state index in [-0.39, 0.29) is 12.0 Å². The van der Waals surface area contributed by atoms with E-state index in [0.29, 0.717) is 43.3 Å². The molecule has 9 heteroatoms. The molecule has 1 aliphatic heterocycles. The number of nitrogens with zero attached hydrogens (tertiary/aromatic N) is 3. The molecule has 0 spiro atoms. The maximum absolute atomic E-state index is 9.97. The average Bonchev–Trinajstić information content (AvgIpc) is 2.92. The third-order valence-electron chi connectivity index (χ3n) is 7.28. The zero-order chi connectivity index (χ0) is 25.2. The van der Waals surface area contributed by atoms with Crippen molar-refractivity contribution in [2.45, 2.75) is 44.6 Å². The van der Waals surface area contributed by atoms with Gasteiger partial charge in [-0.15, -0.1) is 0 Å². The number of hydrogen-bond donors (Lipinski definition) is 3. The monoisotopic (exact) mass is 515 g/mol. The quantitative estimate of drug-likeness (QED) is 0.295. The zero-order valence-corrected chi connectivity index (χ0v) is 21.8. The number of halogens is 1. The van der Waals surface area contributed by atoms with Crippen molar-refractivity contribution in [2.75, 3.05) is 57.3 Å². The van der Waals surface area contributed by atoms with E-state index in [4.69, 9.17) is 26.1 Å². The van der Waals surface area contributed by atoms with Crippen LogP contribution in [0.25, 0.3) is 11.3 Å². The Labute approximate surface area is 218 Å². The number of pyridine rings is 2. The largest absolute Gasteiger partial charge is 0.396 e. The molecular weight excluding hydrogens is 478 g/mol. The molecular formula is C27H38ClN5O3. The lowest BCUT2D eigenvalue weighted by molar-refractivity contribution is -0.00861. The van der Waals surface area contributed by atoms with E-state index in [1.54, 1.807) is 13.3 Å². The summed E-state index contributed by atoms with van der Waals surface area (Å²) in [5.41, 5.74) is 1.46. The van der Waals surface area contributed by atoms with Gasteiger partial charge < -0.3 is 25.2 Å². The molecule has 2 fully saturated rings. The molecule has 4 rings (SSSR count). The summed E-state index contributed by atoms with van der Waals surface area (Å²) in [5.74, 6) is 2.12. The number of aliphatic hydroxyl groups excluding tert-OH is 1. The van der Waals surface area contributed by atoms with Crippen LogP contribution < -0.4 is 10.6 Å². The van der Waals surface area contributed by atoms with E-state index in [1.165, 1.54) is 0 Å². The van der Waals surface area contributed by atoms with E-state index >= 15 is 0 Å². The summed E-state index contributed by atoms with van der Waals surface area (Å²) in [6, 6.07) is 8.24. The lowest BCUT2D eigenvalue weighted by Gasteiger charge is -2.35. The summed E-state index contributed by atoms with van der Waals surface area (Å²) in [5, 5.41) is 17.6. The standard InChI is InChI=1S/C27H38ClN5O3/c1-35-14-11-29-16-20-5-7-21(8-6-20)32-26-15-22(23(28)17-30-26)24-3-2-4-25(33-24)31-18-27(19-34)9-12-36-13-10-27/h2-4,15-17,20-21,34H,5-14,18-19H2,1H3,(H,30,32)(H,31,33). The zero-order valence-electron chi connectivity index (χ0n) is 21.1. The molecule has 196 valence electrons. The second-order valence-electron chi connectivity index (χ2n) is 9.89. The maximum atomic E-state index is 9.97. The lowest BCUT2D eigenvalue weighted by Crippen LogP contribution is -2.39. The molecule has 3 N–H and O–H groups in total. The molecule has 1 saturated carbocycles. The van der Waals surface area contributed by atoms with Gasteiger partial charge in [-0.1, -0.05) is 17.7 Å². The van der Waals surface area contributed by atoms with Crippen molar-refractivity contribution in [1.82, 2.24) is 9.97 Å². The van der Waals surface area contributed by atoms with Crippen molar-refractivity contribution < 1.29 is 14.6 Å². The fraction of sp³-hybridized carbons (Fsp3) is 0.593. The van der Waals surface area contributed by atoms with Gasteiger partial charge in [0.15, 0.2) is 0 Å². The molecule has 0 aromatic carbocycles. The van der Waals surface area contributed by atoms with Gasteiger partial charge in [0.2, 0.25) is 0 Å². The smallest absolute Gasteiger partial charge is 0.126 e. The highest BCUT2D eigenvalue weighted by molar-refractivity contribution is 6.33. The molecule has 2 aliphatic rings. The molecule has 1 saturated heterocycles. The highest BCUT2D eigenvalue weighted by Crippen LogP contribution is 2.32. The third-order valence-corrected chi connectivity index (χ3v) is 7.58. The fourth-order valence-corrected chi connectivity index (χ4v) is 5.06. The van der Waals surface area contributed by atoms with Crippen molar-refractivity contribution in [3.8, 4) is 11.3 Å². The van der Waals surface area contributed by atoms with Crippen LogP contribution in [0.4, 0.5) is 11.6 Å². The van der Waals surface area contributed by atoms with Crippen molar-refractivity contribution in [3.05, 3.63) is 35.5 Å². The molecule has 2 aromatic rings. The van der Waals surface area contributed by atoms with Crippen LogP contribution in [0.2, 0.25) is 5.02 Å². The molecule has 36 heavy (non-hydrogen) atoms. The molecule has 0 radical (unpaired) electrons. The number of aliphatic hydroxyl groups is 1. The van der Waals surface area contributed by atoms with Gasteiger partial charge in [-0.2, -0.15) is 0 Å². The number of hydrogen-bond acceptors (Lipinski definition) is 8. The predicted molar refractivity (Wildman–Crippen MR) is 145 cm³/mol. The molecule has 0 bridgehead atoms. The summed E-state index contributed by atoms with van der Waals surface area (Å²) >= 11 is 6.54. The van der Waals surface area contributed by atoms with E-state index in [0.717, 1.165) is 68.0 Å². The molecule has 8 nitrogen and oxygen atoms in total. The third kappa shape index (κ3) is 7.38. The normalized spacial score (nSPS) is 22.0. The summed E-state index contributed by atoms with van der Waals surface area (Å²) in [6.07, 6.45) is 9.86. The van der Waals surface area contributed by atoms with Crippen molar-refractivity contribution in [1.29, 1.82) is 0 Å². The van der Waals surface area contributed by atoms with Crippen LogP contribution in [0.5, 0.6) is 0 Å². The predicted octanol–water partition coefficient (Wildman–Crippen LogP) is 4.69. The Morgan fingerprint density at radius 1 is 1.22 bits per heavy atom. The first-order valence-corrected chi connectivity index (χ1v) is 13.3. The van der Waals surface area contributed by atoms with Crippen LogP contribution in [0.15, 0.2) is 35.5 Å². The highest BCUT2D eigenvalue weighted by atomic mass is 35.5. The van der Waals surface area contributed by atoms with Crippen molar-refractivity contribution in [2.24, 2.45) is 16.3 Å². The average molecular weight is 516 g/mol. The van der Waals surface area contributed by atoms with E-state index in [9.17, 15) is 5.11 Å². The topological polar surface area (TPSA) is 101 Å². The van der Waals surface area contributed by atoms with Crippen LogP contribution in [-0.2, 0) is 9.47 Å². The fourth-order valence-electron chi connectivity index (χ4n) is 4.86. The van der Waals surface area contributed by atoms with Gasteiger partial charge in [0.1, 0.15) is 11.6 Å². The minimum absolute atomic E-state index is 0.136. The van der Waals surface area contributed by atoms with Gasteiger partial charge in [0.25, 0.3) is 0 Å². The van der Waals surface area contributed by atoms with Gasteiger partial charge in [-0.05, 0) is 62.6 Å². The SMILES string of the molecule is COCCN=CC1CCC(Nc2cc(-c3cccc(NCC4(CO)CCOCC4)n3)c(Cl)cn2)CC1. The van der Waals surface area contributed by atoms with Crippen LogP contribution >= 0.6 is 11.6 Å². The Bertz CT molecular complexity index is 991. The van der Waals surface area contributed by atoms with Crippen LogP contribution in [0.3, 0.4) is 0 Å². The Kier molecular flexibility index (Phi) is 9.92. The lowest BCUT2D eigenvalue weighted by atomic mass is 9.81. The molecule has 0 unspecified atom stereocenters. The van der Waals surface area contributed by atoms with Crippen LogP contribution in [0, 0.1) is 11.3 Å². The minimum atomic E-state index is -0.171. The number of rotatable bonds is 11. The minimum Gasteiger partial charge on any atom is -0.396 e. The van der Waals surface area contributed by atoms with Crippen molar-refractivity contribution in [3.63, 3.8) is 0 Å². The Morgan fingerprint density at radius 2 is 2.03 bits per heavy atom. The van der Waals surface area contributed by atoms with Gasteiger partial charge in [0.05, 0.1) is 30.5 Å². The maximum Gasteiger partial charge on any atom is 0.126 e. The van der Waals surface area contributed by atoms with Gasteiger partial charge >= 0.3 is 0 Å². The summed E-state index contributed by atoms with van der Waals surface area (Å²) < 4.78 is 10.5. The number of methoxy groups -OCH3 is 1. The molecule has 2 aromatic heterocycles. The van der Waals surface area contributed by atoms with Crippen LogP contribution in [-0.4, -0.2) is 74.0 Å². The molecule has 1 aliphatic carbocycles. The highest BCUT2D eigenvalue weighted by Gasteiger charge is 2.32. The number of anilines is 2. The van der Waals surface area contributed by atoms with E-state index in [2.05, 4.69) is 26.8 Å². The number of nitrogens with one attached hydrogen (secondary N) is 2. The molecule has 0 amide bonds. The molecule has 0 atom stereocenters. The number of aliphatic imine (C=N–C) groups is 1. The Balaban J connectivity index is 1.36. The second-order valence-corrected chi connectivity index (χ2v) is 10.3. The van der Waals surface area contributed by atoms with Gasteiger partial charge in [-0.3, -0.25) is 4.99 Å². The van der Waals surface area contributed by atoms with Gasteiger partial charge in [0, 0.05) is 56.3 Å². The van der Waals surface area contributed by atoms with E-state index in [1.807, 2.05) is 24.3 Å². The first kappa shape index (κ1) is 26.8. The van der Waals surface area contributed by atoms with E-state index < -0.39 is 0 Å².